The molecule has 1 aromatic rings. The van der Waals surface area contributed by atoms with E-state index in [9.17, 15) is 18.5 Å². The van der Waals surface area contributed by atoms with Crippen LogP contribution < -0.4 is 4.72 Å². The number of nitro benzene ring substituents is 1. The molecule has 20 heavy (non-hydrogen) atoms. The van der Waals surface area contributed by atoms with Crippen LogP contribution >= 0.6 is 15.9 Å². The van der Waals surface area contributed by atoms with Crippen molar-refractivity contribution in [3.63, 3.8) is 0 Å². The molecule has 0 aliphatic heterocycles. The molecule has 0 aromatic heterocycles. The molecular formula is C12H17BrN2O4S. The second kappa shape index (κ2) is 7.14. The molecule has 0 bridgehead atoms. The van der Waals surface area contributed by atoms with Crippen LogP contribution in [-0.4, -0.2) is 19.9 Å². The van der Waals surface area contributed by atoms with Crippen molar-refractivity contribution in [3.05, 3.63) is 32.8 Å². The lowest BCUT2D eigenvalue weighted by molar-refractivity contribution is -0.387. The smallest absolute Gasteiger partial charge is 0.258 e. The lowest BCUT2D eigenvalue weighted by Crippen LogP contribution is -2.29. The third-order valence-corrected chi connectivity index (χ3v) is 5.07. The molecule has 1 rings (SSSR count). The summed E-state index contributed by atoms with van der Waals surface area (Å²) in [6, 6.07) is 3.86. The minimum Gasteiger partial charge on any atom is -0.258 e. The van der Waals surface area contributed by atoms with E-state index in [-0.39, 0.29) is 17.4 Å². The summed E-state index contributed by atoms with van der Waals surface area (Å²) in [5.74, 6) is 0.219. The molecule has 1 N–H and O–H groups in total. The van der Waals surface area contributed by atoms with Crippen LogP contribution in [0.2, 0.25) is 0 Å². The topological polar surface area (TPSA) is 89.3 Å². The van der Waals surface area contributed by atoms with Crippen LogP contribution in [0.1, 0.15) is 26.7 Å². The third kappa shape index (κ3) is 4.26. The highest BCUT2D eigenvalue weighted by molar-refractivity contribution is 9.10. The summed E-state index contributed by atoms with van der Waals surface area (Å²) in [5, 5.41) is 10.9. The van der Waals surface area contributed by atoms with Gasteiger partial charge in [0, 0.05) is 17.1 Å². The SMILES string of the molecule is CCC(CC)CNS(=O)(=O)c1cc(Br)ccc1[N+](=O)[O-]. The predicted molar refractivity (Wildman–Crippen MR) is 80.1 cm³/mol. The fourth-order valence-electron chi connectivity index (χ4n) is 1.74. The van der Waals surface area contributed by atoms with Gasteiger partial charge in [0.05, 0.1) is 4.92 Å². The molecule has 0 heterocycles. The molecule has 0 amide bonds. The number of hydrogen-bond donors (Lipinski definition) is 1. The van der Waals surface area contributed by atoms with Crippen LogP contribution in [0.25, 0.3) is 0 Å². The molecule has 1 aromatic carbocycles. The highest BCUT2D eigenvalue weighted by atomic mass is 79.9. The van der Waals surface area contributed by atoms with Crippen LogP contribution in [0.4, 0.5) is 5.69 Å². The molecule has 0 atom stereocenters. The first-order chi connectivity index (χ1) is 9.31. The molecule has 0 fully saturated rings. The first-order valence-corrected chi connectivity index (χ1v) is 8.53. The third-order valence-electron chi connectivity index (χ3n) is 3.12. The molecule has 0 aliphatic carbocycles. The number of nitro groups is 1. The van der Waals surface area contributed by atoms with Gasteiger partial charge in [0.1, 0.15) is 0 Å². The number of hydrogen-bond acceptors (Lipinski definition) is 4. The van der Waals surface area contributed by atoms with Crippen LogP contribution in [0.3, 0.4) is 0 Å². The fourth-order valence-corrected chi connectivity index (χ4v) is 3.56. The highest BCUT2D eigenvalue weighted by Gasteiger charge is 2.26. The average Bonchev–Trinajstić information content (AvgIpc) is 2.39. The minimum atomic E-state index is -3.90. The largest absolute Gasteiger partial charge is 0.289 e. The molecule has 0 unspecified atom stereocenters. The summed E-state index contributed by atoms with van der Waals surface area (Å²) >= 11 is 3.13. The van der Waals surface area contributed by atoms with Crippen LogP contribution in [0.15, 0.2) is 27.6 Å². The molecule has 0 radical (unpaired) electrons. The Kier molecular flexibility index (Phi) is 6.09. The zero-order valence-corrected chi connectivity index (χ0v) is 13.7. The maximum Gasteiger partial charge on any atom is 0.289 e. The maximum atomic E-state index is 12.2. The quantitative estimate of drug-likeness (QED) is 0.594. The van der Waals surface area contributed by atoms with Crippen molar-refractivity contribution < 1.29 is 13.3 Å². The monoisotopic (exact) mass is 364 g/mol. The second-order valence-corrected chi connectivity index (χ2v) is 7.05. The number of rotatable bonds is 7. The van der Waals surface area contributed by atoms with E-state index >= 15 is 0 Å². The van der Waals surface area contributed by atoms with Gasteiger partial charge in [0.25, 0.3) is 5.69 Å². The van der Waals surface area contributed by atoms with E-state index in [1.54, 1.807) is 0 Å². The van der Waals surface area contributed by atoms with Gasteiger partial charge in [-0.05, 0) is 18.1 Å². The van der Waals surface area contributed by atoms with E-state index in [4.69, 9.17) is 0 Å². The van der Waals surface area contributed by atoms with Crippen molar-refractivity contribution in [1.82, 2.24) is 4.72 Å². The van der Waals surface area contributed by atoms with Gasteiger partial charge in [-0.2, -0.15) is 0 Å². The Morgan fingerprint density at radius 3 is 2.45 bits per heavy atom. The summed E-state index contributed by atoms with van der Waals surface area (Å²) < 4.78 is 27.3. The van der Waals surface area contributed by atoms with E-state index in [0.717, 1.165) is 12.8 Å². The van der Waals surface area contributed by atoms with Gasteiger partial charge in [0.15, 0.2) is 4.90 Å². The first kappa shape index (κ1) is 17.1. The molecule has 0 saturated heterocycles. The van der Waals surface area contributed by atoms with Crippen molar-refractivity contribution in [3.8, 4) is 0 Å². The number of nitrogens with zero attached hydrogens (tertiary/aromatic N) is 1. The number of benzene rings is 1. The van der Waals surface area contributed by atoms with Gasteiger partial charge >= 0.3 is 0 Å². The molecule has 0 aliphatic rings. The lowest BCUT2D eigenvalue weighted by Gasteiger charge is -2.13. The Hall–Kier alpha value is -0.990. The Morgan fingerprint density at radius 1 is 1.35 bits per heavy atom. The zero-order chi connectivity index (χ0) is 15.3. The van der Waals surface area contributed by atoms with E-state index in [2.05, 4.69) is 20.7 Å². The fraction of sp³-hybridized carbons (Fsp3) is 0.500. The summed E-state index contributed by atoms with van der Waals surface area (Å²) in [6.45, 7) is 4.23. The van der Waals surface area contributed by atoms with Gasteiger partial charge in [-0.1, -0.05) is 42.6 Å². The summed E-state index contributed by atoms with van der Waals surface area (Å²) in [6.07, 6.45) is 1.69. The molecule has 112 valence electrons. The van der Waals surface area contributed by atoms with Gasteiger partial charge < -0.3 is 0 Å². The van der Waals surface area contributed by atoms with E-state index in [1.165, 1.54) is 18.2 Å². The Bertz CT molecular complexity index is 585. The lowest BCUT2D eigenvalue weighted by atomic mass is 10.0. The molecule has 0 spiro atoms. The van der Waals surface area contributed by atoms with Crippen LogP contribution in [0.5, 0.6) is 0 Å². The van der Waals surface area contributed by atoms with Gasteiger partial charge in [-0.15, -0.1) is 0 Å². The number of nitrogens with one attached hydrogen (secondary N) is 1. The van der Waals surface area contributed by atoms with E-state index < -0.39 is 20.6 Å². The average molecular weight is 365 g/mol. The Labute approximate surface area is 126 Å². The van der Waals surface area contributed by atoms with E-state index in [0.29, 0.717) is 4.47 Å². The minimum absolute atomic E-state index is 0.219. The first-order valence-electron chi connectivity index (χ1n) is 6.25. The summed E-state index contributed by atoms with van der Waals surface area (Å²) in [5.41, 5.74) is -0.426. The number of halogens is 1. The summed E-state index contributed by atoms with van der Waals surface area (Å²) in [7, 11) is -3.90. The van der Waals surface area contributed by atoms with Crippen molar-refractivity contribution in [2.75, 3.05) is 6.54 Å². The van der Waals surface area contributed by atoms with Gasteiger partial charge in [0.2, 0.25) is 10.0 Å². The highest BCUT2D eigenvalue weighted by Crippen LogP contribution is 2.27. The molecular weight excluding hydrogens is 348 g/mol. The van der Waals surface area contributed by atoms with Crippen molar-refractivity contribution in [2.45, 2.75) is 31.6 Å². The van der Waals surface area contributed by atoms with Crippen LogP contribution in [0, 0.1) is 16.0 Å². The van der Waals surface area contributed by atoms with Crippen molar-refractivity contribution in [1.29, 1.82) is 0 Å². The normalized spacial score (nSPS) is 11.8. The summed E-state index contributed by atoms with van der Waals surface area (Å²) in [4.78, 5) is 9.92. The van der Waals surface area contributed by atoms with Gasteiger partial charge in [-0.25, -0.2) is 13.1 Å². The maximum absolute atomic E-state index is 12.2. The van der Waals surface area contributed by atoms with Crippen molar-refractivity contribution in [2.24, 2.45) is 5.92 Å². The van der Waals surface area contributed by atoms with E-state index in [1.807, 2.05) is 13.8 Å². The number of sulfonamides is 1. The van der Waals surface area contributed by atoms with Crippen LogP contribution in [-0.2, 0) is 10.0 Å². The Balaban J connectivity index is 3.09. The standard InChI is InChI=1S/C12H17BrN2O4S/c1-3-9(4-2)8-14-20(18,19)12-7-10(13)5-6-11(12)15(16)17/h5-7,9,14H,3-4,8H2,1-2H3. The predicted octanol–water partition coefficient (Wildman–Crippen LogP) is 3.07. The van der Waals surface area contributed by atoms with Gasteiger partial charge in [-0.3, -0.25) is 10.1 Å². The molecule has 6 nitrogen and oxygen atoms in total. The molecule has 0 saturated carbocycles. The zero-order valence-electron chi connectivity index (χ0n) is 11.3. The second-order valence-electron chi connectivity index (χ2n) is 4.40. The van der Waals surface area contributed by atoms with Crippen molar-refractivity contribution >= 4 is 31.6 Å². The molecule has 8 heteroatoms. The Morgan fingerprint density at radius 2 is 1.95 bits per heavy atom.